The Hall–Kier alpha value is -1.90. The molecular formula is C53H88N2O3S3. The van der Waals surface area contributed by atoms with Crippen LogP contribution in [0.1, 0.15) is 243 Å². The Bertz CT molecular complexity index is 1420. The van der Waals surface area contributed by atoms with Crippen molar-refractivity contribution in [1.82, 2.24) is 0 Å². The lowest BCUT2D eigenvalue weighted by molar-refractivity contribution is 0.112. The van der Waals surface area contributed by atoms with Crippen LogP contribution < -0.4 is 19.3 Å². The molecule has 0 atom stereocenters. The highest BCUT2D eigenvalue weighted by atomic mass is 32.2. The fourth-order valence-corrected chi connectivity index (χ4v) is 12.2. The van der Waals surface area contributed by atoms with Gasteiger partial charge in [-0.3, -0.25) is 10.2 Å². The second-order valence-electron chi connectivity index (χ2n) is 18.3. The molecule has 3 heterocycles. The minimum atomic E-state index is 0.731. The summed E-state index contributed by atoms with van der Waals surface area (Å²) in [4.78, 5) is 13.3. The number of carbonyl (C=O) groups excluding carboxylic acids is 1. The number of carbonyl (C=O) groups is 1. The number of aldehydes is 1. The predicted octanol–water partition coefficient (Wildman–Crippen LogP) is 19.2. The van der Waals surface area contributed by atoms with E-state index in [1.165, 1.54) is 193 Å². The topological polar surface area (TPSA) is 50.8 Å². The summed E-state index contributed by atoms with van der Waals surface area (Å²) in [7, 11) is 0. The number of hydrogen-bond acceptors (Lipinski definition) is 8. The number of fused-ring (bicyclic) bond motifs is 2. The maximum absolute atomic E-state index is 11.4. The van der Waals surface area contributed by atoms with E-state index < -0.39 is 0 Å². The SMILES string of the molecule is CCCCCCCCC(CCCCCCCC)CCCOc1cc2c(cc1OCCCC(CCCCCCCC)CCCCCCCC)SN(c1cc3sc(C=O)cc3s1)N2. The lowest BCUT2D eigenvalue weighted by Crippen LogP contribution is -2.15. The molecular weight excluding hydrogens is 809 g/mol. The monoisotopic (exact) mass is 897 g/mol. The van der Waals surface area contributed by atoms with E-state index in [0.717, 1.165) is 85.5 Å². The Kier molecular flexibility index (Phi) is 27.7. The van der Waals surface area contributed by atoms with E-state index in [0.29, 0.717) is 0 Å². The van der Waals surface area contributed by atoms with Gasteiger partial charge < -0.3 is 9.47 Å². The van der Waals surface area contributed by atoms with Gasteiger partial charge in [0.15, 0.2) is 17.8 Å². The Morgan fingerprint density at radius 2 is 0.918 bits per heavy atom. The van der Waals surface area contributed by atoms with Crippen LogP contribution in [0.5, 0.6) is 11.5 Å². The van der Waals surface area contributed by atoms with Crippen molar-refractivity contribution in [2.75, 3.05) is 23.1 Å². The summed E-state index contributed by atoms with van der Waals surface area (Å²) >= 11 is 4.99. The number of thiophene rings is 2. The number of rotatable bonds is 40. The number of hydrazine groups is 1. The largest absolute Gasteiger partial charge is 0.490 e. The molecule has 346 valence electrons. The number of unbranched alkanes of at least 4 members (excludes halogenated alkanes) is 20. The van der Waals surface area contributed by atoms with Crippen molar-refractivity contribution in [2.24, 2.45) is 11.8 Å². The van der Waals surface area contributed by atoms with Gasteiger partial charge in [0.1, 0.15) is 5.00 Å². The number of benzene rings is 1. The van der Waals surface area contributed by atoms with Crippen LogP contribution in [0.2, 0.25) is 0 Å². The zero-order valence-electron chi connectivity index (χ0n) is 39.5. The van der Waals surface area contributed by atoms with E-state index in [-0.39, 0.29) is 0 Å². The highest BCUT2D eigenvalue weighted by molar-refractivity contribution is 8.01. The van der Waals surface area contributed by atoms with Crippen molar-refractivity contribution in [2.45, 2.75) is 238 Å². The highest BCUT2D eigenvalue weighted by Crippen LogP contribution is 2.49. The van der Waals surface area contributed by atoms with Gasteiger partial charge in [-0.1, -0.05) is 207 Å². The first-order valence-corrected chi connectivity index (χ1v) is 28.2. The van der Waals surface area contributed by atoms with Crippen LogP contribution in [-0.2, 0) is 0 Å². The summed E-state index contributed by atoms with van der Waals surface area (Å²) in [5.74, 6) is 3.38. The fraction of sp³-hybridized carbons (Fsp3) is 0.755. The summed E-state index contributed by atoms with van der Waals surface area (Å²) in [5.41, 5.74) is 4.72. The van der Waals surface area contributed by atoms with Crippen LogP contribution in [-0.4, -0.2) is 19.5 Å². The van der Waals surface area contributed by atoms with Gasteiger partial charge in [-0.25, -0.2) is 4.41 Å². The molecule has 0 aliphatic carbocycles. The first-order valence-electron chi connectivity index (χ1n) is 25.7. The normalized spacial score (nSPS) is 12.6. The molecule has 0 fully saturated rings. The van der Waals surface area contributed by atoms with Crippen molar-refractivity contribution in [1.29, 1.82) is 0 Å². The van der Waals surface area contributed by atoms with Crippen molar-refractivity contribution in [3.8, 4) is 11.5 Å². The summed E-state index contributed by atoms with van der Waals surface area (Å²) in [6.07, 6.45) is 44.3. The van der Waals surface area contributed by atoms with E-state index in [9.17, 15) is 4.79 Å². The molecule has 0 saturated carbocycles. The average molecular weight is 897 g/mol. The quantitative estimate of drug-likeness (QED) is 0.0349. The summed E-state index contributed by atoms with van der Waals surface area (Å²) in [5, 5.41) is 1.13. The first-order chi connectivity index (χ1) is 30.1. The molecule has 0 saturated heterocycles. The smallest absolute Gasteiger partial charge is 0.163 e. The first kappa shape index (κ1) is 51.7. The van der Waals surface area contributed by atoms with E-state index >= 15 is 0 Å². The third kappa shape index (κ3) is 20.7. The van der Waals surface area contributed by atoms with E-state index in [2.05, 4.69) is 55.7 Å². The van der Waals surface area contributed by atoms with Gasteiger partial charge in [-0.05, 0) is 49.7 Å². The Morgan fingerprint density at radius 3 is 1.36 bits per heavy atom. The number of anilines is 2. The van der Waals surface area contributed by atoms with Gasteiger partial charge in [0, 0.05) is 33.5 Å². The van der Waals surface area contributed by atoms with Crippen molar-refractivity contribution < 1.29 is 14.3 Å². The number of nitrogens with zero attached hydrogens (tertiary/aromatic N) is 1. The van der Waals surface area contributed by atoms with Gasteiger partial charge >= 0.3 is 0 Å². The van der Waals surface area contributed by atoms with Crippen molar-refractivity contribution >= 4 is 61.0 Å². The maximum Gasteiger partial charge on any atom is 0.163 e. The Labute approximate surface area is 386 Å². The van der Waals surface area contributed by atoms with Crippen molar-refractivity contribution in [3.05, 3.63) is 29.1 Å². The minimum Gasteiger partial charge on any atom is -0.490 e. The molecule has 8 heteroatoms. The molecule has 0 bridgehead atoms. The molecule has 1 N–H and O–H groups in total. The Morgan fingerprint density at radius 1 is 0.508 bits per heavy atom. The number of ether oxygens (including phenoxy) is 2. The van der Waals surface area contributed by atoms with Gasteiger partial charge in [0.25, 0.3) is 0 Å². The van der Waals surface area contributed by atoms with Gasteiger partial charge in [0.2, 0.25) is 0 Å². The molecule has 4 rings (SSSR count). The maximum atomic E-state index is 11.4. The molecule has 3 aromatic rings. The van der Waals surface area contributed by atoms with E-state index in [1.54, 1.807) is 34.6 Å². The van der Waals surface area contributed by atoms with Crippen LogP contribution in [0, 0.1) is 11.8 Å². The van der Waals surface area contributed by atoms with Crippen LogP contribution in [0.3, 0.4) is 0 Å². The standard InChI is InChI=1S/C53H88N2O3S3/c1-5-9-13-17-21-25-31-44(32-26-22-18-14-10-6-2)35-29-37-57-48-40-47-50(61-55(54-47)53-42-52-51(60-53)39-46(43-56)59-52)41-49(48)58-38-30-36-45(33-27-23-19-15-11-7-3)34-28-24-20-16-12-8-4/h39-45,54H,5-38H2,1-4H3. The molecule has 0 amide bonds. The molecule has 5 nitrogen and oxygen atoms in total. The highest BCUT2D eigenvalue weighted by Gasteiger charge is 2.26. The van der Waals surface area contributed by atoms with Crippen LogP contribution in [0.25, 0.3) is 9.40 Å². The van der Waals surface area contributed by atoms with Crippen LogP contribution in [0.4, 0.5) is 10.7 Å². The Balaban J connectivity index is 1.36. The molecule has 2 aromatic heterocycles. The molecule has 0 radical (unpaired) electrons. The second-order valence-corrected chi connectivity index (χ2v) is 21.5. The summed E-state index contributed by atoms with van der Waals surface area (Å²) in [6, 6.07) is 8.59. The van der Waals surface area contributed by atoms with Gasteiger partial charge in [0.05, 0.1) is 28.7 Å². The average Bonchev–Trinajstić information content (AvgIpc) is 3.99. The molecule has 1 aliphatic rings. The second kappa shape index (κ2) is 32.7. The molecule has 1 aliphatic heterocycles. The minimum absolute atomic E-state index is 0.731. The predicted molar refractivity (Wildman–Crippen MR) is 272 cm³/mol. The third-order valence-electron chi connectivity index (χ3n) is 12.9. The van der Waals surface area contributed by atoms with E-state index in [1.807, 2.05) is 6.07 Å². The molecule has 0 spiro atoms. The zero-order chi connectivity index (χ0) is 43.2. The number of nitrogens with one attached hydrogen (secondary N) is 1. The van der Waals surface area contributed by atoms with Gasteiger partial charge in [-0.15, -0.1) is 22.7 Å². The van der Waals surface area contributed by atoms with Gasteiger partial charge in [-0.2, -0.15) is 0 Å². The lowest BCUT2D eigenvalue weighted by Gasteiger charge is -2.19. The van der Waals surface area contributed by atoms with Crippen LogP contribution >= 0.6 is 34.6 Å². The lowest BCUT2D eigenvalue weighted by atomic mass is 9.90. The summed E-state index contributed by atoms with van der Waals surface area (Å²) in [6.45, 7) is 10.7. The zero-order valence-corrected chi connectivity index (χ0v) is 41.9. The molecule has 1 aromatic carbocycles. The fourth-order valence-electron chi connectivity index (χ4n) is 9.09. The molecule has 0 unspecified atom stereocenters. The van der Waals surface area contributed by atoms with E-state index in [4.69, 9.17) is 9.47 Å². The third-order valence-corrected chi connectivity index (χ3v) is 16.2. The van der Waals surface area contributed by atoms with Crippen LogP contribution in [0.15, 0.2) is 29.2 Å². The number of hydrogen-bond donors (Lipinski definition) is 1. The van der Waals surface area contributed by atoms with Crippen molar-refractivity contribution in [3.63, 3.8) is 0 Å². The molecule has 61 heavy (non-hydrogen) atoms. The summed E-state index contributed by atoms with van der Waals surface area (Å²) < 4.78 is 17.9.